The maximum absolute atomic E-state index is 3.62. The molecule has 3 fully saturated rings. The van der Waals surface area contributed by atoms with Crippen LogP contribution in [-0.2, 0) is 0 Å². The van der Waals surface area contributed by atoms with Crippen molar-refractivity contribution >= 4 is 0 Å². The van der Waals surface area contributed by atoms with Crippen LogP contribution in [-0.4, -0.2) is 62.2 Å². The molecule has 0 amide bonds. The zero-order valence-corrected chi connectivity index (χ0v) is 11.9. The Morgan fingerprint density at radius 2 is 2.00 bits per heavy atom. The Kier molecular flexibility index (Phi) is 4.22. The lowest BCUT2D eigenvalue weighted by molar-refractivity contribution is 0.0391. The van der Waals surface area contributed by atoms with Crippen molar-refractivity contribution < 1.29 is 0 Å². The predicted molar refractivity (Wildman–Crippen MR) is 75.8 cm³/mol. The molecule has 0 aromatic rings. The van der Waals surface area contributed by atoms with Crippen LogP contribution in [0, 0.1) is 11.8 Å². The molecule has 3 heteroatoms. The quantitative estimate of drug-likeness (QED) is 0.745. The van der Waals surface area contributed by atoms with Crippen molar-refractivity contribution in [3.63, 3.8) is 0 Å². The van der Waals surface area contributed by atoms with Crippen LogP contribution in [0.5, 0.6) is 0 Å². The molecule has 1 N–H and O–H groups in total. The van der Waals surface area contributed by atoms with Gasteiger partial charge in [0.1, 0.15) is 0 Å². The fraction of sp³-hybridized carbons (Fsp3) is 1.00. The van der Waals surface area contributed by atoms with Gasteiger partial charge in [-0.2, -0.15) is 0 Å². The molecule has 2 aliphatic heterocycles. The van der Waals surface area contributed by atoms with Gasteiger partial charge in [-0.1, -0.05) is 0 Å². The highest BCUT2D eigenvalue weighted by atomic mass is 15.2. The number of rotatable bonds is 5. The number of likely N-dealkylation sites (tertiary alicyclic amines) is 2. The molecule has 2 atom stereocenters. The van der Waals surface area contributed by atoms with Gasteiger partial charge in [0.25, 0.3) is 0 Å². The summed E-state index contributed by atoms with van der Waals surface area (Å²) in [5.74, 6) is 1.96. The smallest absolute Gasteiger partial charge is 0.0145 e. The first-order chi connectivity index (χ1) is 8.83. The first-order valence-corrected chi connectivity index (χ1v) is 7.96. The lowest BCUT2D eigenvalue weighted by Gasteiger charge is -2.46. The maximum Gasteiger partial charge on any atom is 0.0145 e. The van der Waals surface area contributed by atoms with Gasteiger partial charge in [0.15, 0.2) is 0 Å². The van der Waals surface area contributed by atoms with Gasteiger partial charge in [0.2, 0.25) is 0 Å². The minimum absolute atomic E-state index is 0.884. The molecule has 0 radical (unpaired) electrons. The van der Waals surface area contributed by atoms with E-state index in [-0.39, 0.29) is 0 Å². The molecule has 2 heterocycles. The summed E-state index contributed by atoms with van der Waals surface area (Å²) >= 11 is 0. The molecular weight excluding hydrogens is 222 g/mol. The van der Waals surface area contributed by atoms with Crippen LogP contribution in [0.2, 0.25) is 0 Å². The molecule has 0 bridgehead atoms. The SMILES string of the molecule is CN1CCCC2CN(CCNCC3CC3)CCC21. The van der Waals surface area contributed by atoms with Gasteiger partial charge in [-0.3, -0.25) is 0 Å². The molecular formula is C15H29N3. The van der Waals surface area contributed by atoms with Crippen LogP contribution in [0.25, 0.3) is 0 Å². The summed E-state index contributed by atoms with van der Waals surface area (Å²) < 4.78 is 0. The molecule has 3 aliphatic rings. The number of hydrogen-bond acceptors (Lipinski definition) is 3. The topological polar surface area (TPSA) is 18.5 Å². The van der Waals surface area contributed by atoms with Gasteiger partial charge >= 0.3 is 0 Å². The van der Waals surface area contributed by atoms with Gasteiger partial charge in [0, 0.05) is 25.7 Å². The fourth-order valence-corrected chi connectivity index (χ4v) is 3.80. The van der Waals surface area contributed by atoms with Crippen LogP contribution in [0.1, 0.15) is 32.1 Å². The van der Waals surface area contributed by atoms with E-state index in [1.807, 2.05) is 0 Å². The molecule has 18 heavy (non-hydrogen) atoms. The molecule has 1 saturated carbocycles. The summed E-state index contributed by atoms with van der Waals surface area (Å²) in [6, 6.07) is 0.884. The Morgan fingerprint density at radius 3 is 2.83 bits per heavy atom. The monoisotopic (exact) mass is 251 g/mol. The highest BCUT2D eigenvalue weighted by Gasteiger charge is 2.33. The maximum atomic E-state index is 3.62. The van der Waals surface area contributed by atoms with E-state index in [0.717, 1.165) is 17.9 Å². The number of fused-ring (bicyclic) bond motifs is 1. The lowest BCUT2D eigenvalue weighted by Crippen LogP contribution is -2.53. The number of nitrogens with zero attached hydrogens (tertiary/aromatic N) is 2. The van der Waals surface area contributed by atoms with Gasteiger partial charge in [0.05, 0.1) is 0 Å². The minimum atomic E-state index is 0.884. The Morgan fingerprint density at radius 1 is 1.11 bits per heavy atom. The van der Waals surface area contributed by atoms with Crippen molar-refractivity contribution in [1.29, 1.82) is 0 Å². The molecule has 1 aliphatic carbocycles. The van der Waals surface area contributed by atoms with E-state index in [0.29, 0.717) is 0 Å². The number of hydrogen-bond donors (Lipinski definition) is 1. The lowest BCUT2D eigenvalue weighted by atomic mass is 9.84. The average molecular weight is 251 g/mol. The molecule has 104 valence electrons. The average Bonchev–Trinajstić information content (AvgIpc) is 3.19. The Labute approximate surface area is 112 Å². The molecule has 3 rings (SSSR count). The first-order valence-electron chi connectivity index (χ1n) is 7.96. The molecule has 2 saturated heterocycles. The normalized spacial score (nSPS) is 34.5. The number of nitrogens with one attached hydrogen (secondary N) is 1. The standard InChI is InChI=1S/C15H29N3/c1-17-8-2-3-14-12-18(9-6-15(14)17)10-7-16-11-13-4-5-13/h13-16H,2-12H2,1H3. The van der Waals surface area contributed by atoms with E-state index in [4.69, 9.17) is 0 Å². The molecule has 0 spiro atoms. The summed E-state index contributed by atoms with van der Waals surface area (Å²) in [6.07, 6.45) is 7.19. The first kappa shape index (κ1) is 12.9. The fourth-order valence-electron chi connectivity index (χ4n) is 3.80. The Hall–Kier alpha value is -0.120. The molecule has 2 unspecified atom stereocenters. The van der Waals surface area contributed by atoms with Crippen molar-refractivity contribution in [2.75, 3.05) is 46.3 Å². The second kappa shape index (κ2) is 5.89. The van der Waals surface area contributed by atoms with E-state index < -0.39 is 0 Å². The second-order valence-corrected chi connectivity index (χ2v) is 6.69. The zero-order chi connectivity index (χ0) is 12.4. The Bertz CT molecular complexity index is 264. The third-order valence-electron chi connectivity index (χ3n) is 5.16. The zero-order valence-electron chi connectivity index (χ0n) is 11.9. The van der Waals surface area contributed by atoms with Crippen molar-refractivity contribution in [3.8, 4) is 0 Å². The molecule has 0 aromatic heterocycles. The van der Waals surface area contributed by atoms with Crippen molar-refractivity contribution in [2.45, 2.75) is 38.1 Å². The summed E-state index contributed by atoms with van der Waals surface area (Å²) in [4.78, 5) is 5.30. The van der Waals surface area contributed by atoms with E-state index in [1.54, 1.807) is 0 Å². The van der Waals surface area contributed by atoms with Crippen molar-refractivity contribution in [1.82, 2.24) is 15.1 Å². The van der Waals surface area contributed by atoms with Crippen LogP contribution in [0.4, 0.5) is 0 Å². The third kappa shape index (κ3) is 3.25. The summed E-state index contributed by atoms with van der Waals surface area (Å²) in [5.41, 5.74) is 0. The summed E-state index contributed by atoms with van der Waals surface area (Å²) in [5, 5.41) is 3.62. The predicted octanol–water partition coefficient (Wildman–Crippen LogP) is 1.40. The van der Waals surface area contributed by atoms with Crippen LogP contribution >= 0.6 is 0 Å². The van der Waals surface area contributed by atoms with Crippen LogP contribution in [0.15, 0.2) is 0 Å². The van der Waals surface area contributed by atoms with E-state index in [9.17, 15) is 0 Å². The highest BCUT2D eigenvalue weighted by molar-refractivity contribution is 4.89. The Balaban J connectivity index is 1.36. The molecule has 3 nitrogen and oxygen atoms in total. The minimum Gasteiger partial charge on any atom is -0.315 e. The van der Waals surface area contributed by atoms with Gasteiger partial charge in [-0.15, -0.1) is 0 Å². The van der Waals surface area contributed by atoms with E-state index in [2.05, 4.69) is 22.2 Å². The van der Waals surface area contributed by atoms with Crippen molar-refractivity contribution in [3.05, 3.63) is 0 Å². The summed E-state index contributed by atoms with van der Waals surface area (Å²) in [7, 11) is 2.32. The second-order valence-electron chi connectivity index (χ2n) is 6.69. The largest absolute Gasteiger partial charge is 0.315 e. The van der Waals surface area contributed by atoms with Gasteiger partial charge < -0.3 is 15.1 Å². The third-order valence-corrected chi connectivity index (χ3v) is 5.16. The van der Waals surface area contributed by atoms with Crippen LogP contribution < -0.4 is 5.32 Å². The van der Waals surface area contributed by atoms with Gasteiger partial charge in [-0.25, -0.2) is 0 Å². The van der Waals surface area contributed by atoms with Gasteiger partial charge in [-0.05, 0) is 70.6 Å². The highest BCUT2D eigenvalue weighted by Crippen LogP contribution is 2.29. The van der Waals surface area contributed by atoms with E-state index in [1.165, 1.54) is 71.4 Å². The number of piperidine rings is 2. The van der Waals surface area contributed by atoms with E-state index >= 15 is 0 Å². The summed E-state index contributed by atoms with van der Waals surface area (Å²) in [6.45, 7) is 7.72. The van der Waals surface area contributed by atoms with Crippen LogP contribution in [0.3, 0.4) is 0 Å². The van der Waals surface area contributed by atoms with Crippen molar-refractivity contribution in [2.24, 2.45) is 11.8 Å². The molecule has 0 aromatic carbocycles.